The molecule has 0 saturated carbocycles. The van der Waals surface area contributed by atoms with Gasteiger partial charge in [0.05, 0.1) is 17.4 Å². The van der Waals surface area contributed by atoms with Gasteiger partial charge in [0, 0.05) is 10.9 Å². The molecule has 1 aliphatic carbocycles. The number of ketones is 1. The highest BCUT2D eigenvalue weighted by atomic mass is 19.1. The molecule has 22 heavy (non-hydrogen) atoms. The van der Waals surface area contributed by atoms with Crippen molar-refractivity contribution in [1.29, 1.82) is 0 Å². The lowest BCUT2D eigenvalue weighted by Crippen LogP contribution is -2.02. The molecule has 0 bridgehead atoms. The molecule has 0 amide bonds. The zero-order chi connectivity index (χ0) is 15.3. The van der Waals surface area contributed by atoms with Gasteiger partial charge in [0.15, 0.2) is 5.78 Å². The highest BCUT2D eigenvalue weighted by molar-refractivity contribution is 6.18. The van der Waals surface area contributed by atoms with Crippen molar-refractivity contribution in [3.8, 4) is 0 Å². The van der Waals surface area contributed by atoms with Gasteiger partial charge in [-0.1, -0.05) is 36.4 Å². The van der Waals surface area contributed by atoms with Gasteiger partial charge in [-0.25, -0.2) is 4.39 Å². The van der Waals surface area contributed by atoms with E-state index in [9.17, 15) is 14.3 Å². The van der Waals surface area contributed by atoms with Crippen LogP contribution in [-0.4, -0.2) is 10.9 Å². The molecule has 0 radical (unpaired) electrons. The van der Waals surface area contributed by atoms with E-state index < -0.39 is 17.7 Å². The first kappa shape index (κ1) is 13.0. The first-order valence-electron chi connectivity index (χ1n) is 6.86. The molecule has 108 valence electrons. The van der Waals surface area contributed by atoms with Crippen molar-refractivity contribution < 1.29 is 18.7 Å². The summed E-state index contributed by atoms with van der Waals surface area (Å²) in [6.45, 7) is 0. The van der Waals surface area contributed by atoms with E-state index in [2.05, 4.69) is 0 Å². The van der Waals surface area contributed by atoms with E-state index in [1.54, 1.807) is 42.5 Å². The lowest BCUT2D eigenvalue weighted by molar-refractivity contribution is 0.101. The second kappa shape index (κ2) is 4.64. The fourth-order valence-corrected chi connectivity index (χ4v) is 2.90. The fraction of sp³-hybridized carbons (Fsp3) is 0.0556. The molecule has 3 aromatic rings. The Morgan fingerprint density at radius 2 is 1.91 bits per heavy atom. The van der Waals surface area contributed by atoms with E-state index in [1.165, 1.54) is 12.3 Å². The smallest absolute Gasteiger partial charge is 0.195 e. The molecule has 0 aliphatic heterocycles. The average molecular weight is 294 g/mol. The van der Waals surface area contributed by atoms with E-state index in [1.807, 2.05) is 0 Å². The molecule has 1 unspecified atom stereocenters. The molecule has 0 fully saturated rings. The minimum atomic E-state index is -1.26. The normalized spacial score (nSPS) is 19.5. The van der Waals surface area contributed by atoms with Crippen molar-refractivity contribution in [2.24, 2.45) is 0 Å². The number of aliphatic hydroxyl groups is 1. The largest absolute Gasteiger partial charge is 0.464 e. The van der Waals surface area contributed by atoms with Crippen LogP contribution in [0.4, 0.5) is 4.39 Å². The first-order chi connectivity index (χ1) is 10.7. The van der Waals surface area contributed by atoms with Crippen LogP contribution in [0.25, 0.3) is 16.8 Å². The lowest BCUT2D eigenvalue weighted by Gasteiger charge is -2.07. The second-order valence-electron chi connectivity index (χ2n) is 5.19. The van der Waals surface area contributed by atoms with Gasteiger partial charge in [0.2, 0.25) is 0 Å². The van der Waals surface area contributed by atoms with Gasteiger partial charge in [-0.2, -0.15) is 0 Å². The van der Waals surface area contributed by atoms with Crippen LogP contribution in [-0.2, 0) is 0 Å². The van der Waals surface area contributed by atoms with Gasteiger partial charge in [0.1, 0.15) is 17.5 Å². The minimum absolute atomic E-state index is 0.178. The summed E-state index contributed by atoms with van der Waals surface area (Å²) in [5.41, 5.74) is 1.09. The summed E-state index contributed by atoms with van der Waals surface area (Å²) in [5.74, 6) is -1.22. The van der Waals surface area contributed by atoms with Gasteiger partial charge in [0.25, 0.3) is 0 Å². The van der Waals surface area contributed by atoms with Crippen molar-refractivity contribution in [2.75, 3.05) is 0 Å². The lowest BCUT2D eigenvalue weighted by atomic mass is 10.0. The van der Waals surface area contributed by atoms with Gasteiger partial charge in [-0.05, 0) is 17.7 Å². The molecule has 0 saturated heterocycles. The van der Waals surface area contributed by atoms with Crippen molar-refractivity contribution in [1.82, 2.24) is 0 Å². The van der Waals surface area contributed by atoms with Gasteiger partial charge >= 0.3 is 0 Å². The number of rotatable bonds is 1. The quantitative estimate of drug-likeness (QED) is 0.689. The second-order valence-corrected chi connectivity index (χ2v) is 5.19. The summed E-state index contributed by atoms with van der Waals surface area (Å²) < 4.78 is 20.3. The molecule has 1 aromatic heterocycles. The Morgan fingerprint density at radius 3 is 2.73 bits per heavy atom. The minimum Gasteiger partial charge on any atom is -0.464 e. The first-order valence-corrected chi connectivity index (χ1v) is 6.86. The van der Waals surface area contributed by atoms with Gasteiger partial charge in [-0.15, -0.1) is 0 Å². The number of halogens is 1. The fourth-order valence-electron chi connectivity index (χ4n) is 2.90. The van der Waals surface area contributed by atoms with Crippen molar-refractivity contribution in [3.63, 3.8) is 0 Å². The van der Waals surface area contributed by atoms with Crippen LogP contribution >= 0.6 is 0 Å². The summed E-state index contributed by atoms with van der Waals surface area (Å²) in [7, 11) is 0. The summed E-state index contributed by atoms with van der Waals surface area (Å²) in [5, 5.41) is 11.1. The summed E-state index contributed by atoms with van der Waals surface area (Å²) in [6, 6.07) is 13.4. The maximum absolute atomic E-state index is 15.0. The topological polar surface area (TPSA) is 50.4 Å². The Hall–Kier alpha value is -2.72. The Kier molecular flexibility index (Phi) is 2.74. The Balaban J connectivity index is 1.96. The predicted octanol–water partition coefficient (Wildman–Crippen LogP) is 4.04. The Bertz CT molecular complexity index is 936. The highest BCUT2D eigenvalue weighted by Gasteiger charge is 2.36. The van der Waals surface area contributed by atoms with E-state index in [0.717, 1.165) is 5.39 Å². The number of fused-ring (bicyclic) bond motifs is 2. The summed E-state index contributed by atoms with van der Waals surface area (Å²) in [6.07, 6.45) is 0.210. The van der Waals surface area contributed by atoms with Gasteiger partial charge in [-0.3, -0.25) is 4.79 Å². The summed E-state index contributed by atoms with van der Waals surface area (Å²) >= 11 is 0. The molecule has 4 heteroatoms. The third-order valence-corrected chi connectivity index (χ3v) is 3.97. The summed E-state index contributed by atoms with van der Waals surface area (Å²) in [4.78, 5) is 12.4. The zero-order valence-corrected chi connectivity index (χ0v) is 11.4. The van der Waals surface area contributed by atoms with Crippen LogP contribution in [0.5, 0.6) is 0 Å². The molecule has 2 aromatic carbocycles. The van der Waals surface area contributed by atoms with E-state index >= 15 is 0 Å². The molecular formula is C18H11FO3. The number of aliphatic hydroxyl groups excluding tert-OH is 1. The van der Waals surface area contributed by atoms with Crippen LogP contribution in [0.3, 0.4) is 0 Å². The Labute approximate surface area is 125 Å². The molecule has 3 nitrogen and oxygen atoms in total. The van der Waals surface area contributed by atoms with Crippen LogP contribution in [0.2, 0.25) is 0 Å². The number of hydrogen-bond acceptors (Lipinski definition) is 3. The average Bonchev–Trinajstić information content (AvgIpc) is 3.11. The standard InChI is InChI=1S/C18H11FO3/c19-15(13-7-3-4-10-8-9-22-18(10)13)14-16(20)11-5-1-2-6-12(11)17(14)21/h1-9,16,20H. The van der Waals surface area contributed by atoms with Crippen LogP contribution in [0.15, 0.2) is 64.8 Å². The number of para-hydroxylation sites is 1. The Morgan fingerprint density at radius 1 is 1.09 bits per heavy atom. The number of carbonyl (C=O) groups excluding carboxylic acids is 1. The highest BCUT2D eigenvalue weighted by Crippen LogP contribution is 2.41. The third kappa shape index (κ3) is 1.68. The molecule has 1 N–H and O–H groups in total. The van der Waals surface area contributed by atoms with Crippen LogP contribution in [0, 0.1) is 0 Å². The van der Waals surface area contributed by atoms with Crippen LogP contribution < -0.4 is 0 Å². The third-order valence-electron chi connectivity index (χ3n) is 3.97. The van der Waals surface area contributed by atoms with Gasteiger partial charge < -0.3 is 9.52 Å². The van der Waals surface area contributed by atoms with Crippen molar-refractivity contribution in [2.45, 2.75) is 6.10 Å². The number of carbonyl (C=O) groups is 1. The van der Waals surface area contributed by atoms with E-state index in [0.29, 0.717) is 16.7 Å². The zero-order valence-electron chi connectivity index (χ0n) is 11.4. The van der Waals surface area contributed by atoms with Crippen molar-refractivity contribution >= 4 is 22.6 Å². The maximum Gasteiger partial charge on any atom is 0.195 e. The van der Waals surface area contributed by atoms with Crippen molar-refractivity contribution in [3.05, 3.63) is 77.1 Å². The molecule has 4 rings (SSSR count). The van der Waals surface area contributed by atoms with E-state index in [-0.39, 0.29) is 11.1 Å². The monoisotopic (exact) mass is 294 g/mol. The number of Topliss-reactive ketones (excluding diaryl/α,β-unsaturated/α-hetero) is 1. The maximum atomic E-state index is 15.0. The molecule has 0 spiro atoms. The molecule has 1 aliphatic rings. The van der Waals surface area contributed by atoms with Crippen LogP contribution in [0.1, 0.15) is 27.6 Å². The van der Waals surface area contributed by atoms with E-state index in [4.69, 9.17) is 4.42 Å². The predicted molar refractivity (Wildman–Crippen MR) is 80.0 cm³/mol. The number of hydrogen-bond donors (Lipinski definition) is 1. The molecule has 1 heterocycles. The SMILES string of the molecule is O=C1C(=C(F)c2cccc3ccoc23)C(O)c2ccccc21. The molecule has 1 atom stereocenters. The number of benzene rings is 2. The molecular weight excluding hydrogens is 283 g/mol. The number of furan rings is 1.